The molecule has 1 atom stereocenters. The number of aromatic nitrogens is 1. The third-order valence-electron chi connectivity index (χ3n) is 4.06. The summed E-state index contributed by atoms with van der Waals surface area (Å²) < 4.78 is 28.1. The molecule has 1 aliphatic heterocycles. The van der Waals surface area contributed by atoms with E-state index < -0.39 is 30.8 Å². The van der Waals surface area contributed by atoms with Gasteiger partial charge in [0.25, 0.3) is 5.92 Å². The average Bonchev–Trinajstić information content (AvgIpc) is 3.10. The van der Waals surface area contributed by atoms with Gasteiger partial charge in [-0.1, -0.05) is 6.07 Å². The second kappa shape index (κ2) is 7.37. The number of rotatable bonds is 4. The molecule has 1 fully saturated rings. The van der Waals surface area contributed by atoms with Gasteiger partial charge in [-0.05, 0) is 23.6 Å². The van der Waals surface area contributed by atoms with E-state index in [1.165, 1.54) is 0 Å². The first kappa shape index (κ1) is 19.1. The zero-order valence-electron chi connectivity index (χ0n) is 13.5. The zero-order chi connectivity index (χ0) is 17.3. The van der Waals surface area contributed by atoms with Gasteiger partial charge in [0.05, 0.1) is 18.1 Å². The van der Waals surface area contributed by atoms with Crippen molar-refractivity contribution in [2.24, 2.45) is 0 Å². The summed E-state index contributed by atoms with van der Waals surface area (Å²) in [6.45, 7) is -0.326. The van der Waals surface area contributed by atoms with Gasteiger partial charge in [-0.15, -0.1) is 12.4 Å². The van der Waals surface area contributed by atoms with Crippen molar-refractivity contribution < 1.29 is 18.4 Å². The Balaban J connectivity index is 0.00000225. The lowest BCUT2D eigenvalue weighted by Crippen LogP contribution is -2.35. The minimum absolute atomic E-state index is 0. The Morgan fingerprint density at radius 3 is 2.76 bits per heavy atom. The number of halogens is 3. The number of fused-ring (bicyclic) bond motifs is 1. The van der Waals surface area contributed by atoms with Gasteiger partial charge in [0.2, 0.25) is 11.8 Å². The Morgan fingerprint density at radius 1 is 1.36 bits per heavy atom. The van der Waals surface area contributed by atoms with Crippen molar-refractivity contribution in [3.8, 4) is 0 Å². The highest BCUT2D eigenvalue weighted by atomic mass is 35.5. The van der Waals surface area contributed by atoms with Gasteiger partial charge >= 0.3 is 0 Å². The van der Waals surface area contributed by atoms with E-state index in [1.807, 2.05) is 12.1 Å². The highest BCUT2D eigenvalue weighted by Gasteiger charge is 2.42. The highest BCUT2D eigenvalue weighted by Crippen LogP contribution is 2.26. The molecule has 0 saturated carbocycles. The first-order valence-electron chi connectivity index (χ1n) is 7.59. The Kier molecular flexibility index (Phi) is 5.64. The Hall–Kier alpha value is -2.19. The molecule has 0 spiro atoms. The van der Waals surface area contributed by atoms with Crippen LogP contribution in [-0.4, -0.2) is 41.9 Å². The summed E-state index contributed by atoms with van der Waals surface area (Å²) in [5, 5.41) is 8.64. The third kappa shape index (κ3) is 4.26. The quantitative estimate of drug-likeness (QED) is 0.765. The van der Waals surface area contributed by atoms with E-state index in [4.69, 9.17) is 0 Å². The number of likely N-dealkylation sites (N-methyl/N-ethyl adjacent to an activating group) is 1. The highest BCUT2D eigenvalue weighted by molar-refractivity contribution is 5.97. The summed E-state index contributed by atoms with van der Waals surface area (Å²) in [5.41, 5.74) is 1.28. The normalized spacial score (nSPS) is 18.6. The summed E-state index contributed by atoms with van der Waals surface area (Å²) >= 11 is 0. The molecular formula is C16H19ClF2N4O2. The molecule has 3 N–H and O–H groups in total. The van der Waals surface area contributed by atoms with Crippen molar-refractivity contribution in [3.05, 3.63) is 30.5 Å². The minimum atomic E-state index is -2.85. The molecule has 6 nitrogen and oxygen atoms in total. The molecule has 0 aliphatic carbocycles. The summed E-state index contributed by atoms with van der Waals surface area (Å²) in [4.78, 5) is 23.6. The lowest BCUT2D eigenvalue weighted by atomic mass is 10.1. The van der Waals surface area contributed by atoms with Crippen molar-refractivity contribution in [1.82, 2.24) is 15.2 Å². The number of hydrogen-bond acceptors (Lipinski definition) is 3. The van der Waals surface area contributed by atoms with Crippen LogP contribution < -0.4 is 16.0 Å². The van der Waals surface area contributed by atoms with Crippen LogP contribution in [0.15, 0.2) is 30.5 Å². The number of alkyl halides is 2. The first-order valence-corrected chi connectivity index (χ1v) is 7.59. The maximum atomic E-state index is 13.2. The minimum Gasteiger partial charge on any atom is -0.358 e. The van der Waals surface area contributed by atoms with Crippen molar-refractivity contribution >= 4 is 40.8 Å². The maximum absolute atomic E-state index is 13.2. The van der Waals surface area contributed by atoms with Crippen LogP contribution >= 0.6 is 12.4 Å². The van der Waals surface area contributed by atoms with Crippen molar-refractivity contribution in [2.75, 3.05) is 18.9 Å². The van der Waals surface area contributed by atoms with E-state index in [1.54, 1.807) is 29.9 Å². The monoisotopic (exact) mass is 372 g/mol. The van der Waals surface area contributed by atoms with Crippen LogP contribution in [0.3, 0.4) is 0 Å². The van der Waals surface area contributed by atoms with Gasteiger partial charge in [0.15, 0.2) is 0 Å². The Morgan fingerprint density at radius 2 is 2.12 bits per heavy atom. The summed E-state index contributed by atoms with van der Waals surface area (Å²) in [5.74, 6) is -3.48. The molecular weight excluding hydrogens is 354 g/mol. The topological polar surface area (TPSA) is 75.2 Å². The van der Waals surface area contributed by atoms with Crippen LogP contribution in [0.4, 0.5) is 14.5 Å². The van der Waals surface area contributed by atoms with Crippen LogP contribution in [0.5, 0.6) is 0 Å². The predicted octanol–water partition coefficient (Wildman–Crippen LogP) is 1.74. The van der Waals surface area contributed by atoms with Crippen LogP contribution in [0, 0.1) is 0 Å². The number of amides is 2. The fourth-order valence-corrected chi connectivity index (χ4v) is 2.76. The molecule has 1 unspecified atom stereocenters. The van der Waals surface area contributed by atoms with Gasteiger partial charge in [0, 0.05) is 25.4 Å². The summed E-state index contributed by atoms with van der Waals surface area (Å²) in [6, 6.07) is 6.19. The molecule has 1 aliphatic rings. The van der Waals surface area contributed by atoms with Crippen molar-refractivity contribution in [3.63, 3.8) is 0 Å². The van der Waals surface area contributed by atoms with E-state index in [0.29, 0.717) is 5.69 Å². The molecule has 2 heterocycles. The lowest BCUT2D eigenvalue weighted by molar-refractivity contribution is -0.121. The lowest BCUT2D eigenvalue weighted by Gasteiger charge is -2.12. The molecule has 0 bridgehead atoms. The van der Waals surface area contributed by atoms with Crippen LogP contribution in [-0.2, 0) is 16.1 Å². The number of nitrogens with one attached hydrogen (secondary N) is 3. The van der Waals surface area contributed by atoms with Crippen LogP contribution in [0.25, 0.3) is 10.9 Å². The molecule has 1 saturated heterocycles. The second-order valence-electron chi connectivity index (χ2n) is 5.87. The second-order valence-corrected chi connectivity index (χ2v) is 5.87. The Bertz CT molecular complexity index is 794. The van der Waals surface area contributed by atoms with Crippen molar-refractivity contribution in [2.45, 2.75) is 24.9 Å². The SMILES string of the molecule is CNC(=O)Cn1ccc2ccc(NC(=O)C3CC(F)(F)CN3)cc21.Cl. The zero-order valence-corrected chi connectivity index (χ0v) is 14.3. The molecule has 0 radical (unpaired) electrons. The number of carbonyl (C=O) groups is 2. The largest absolute Gasteiger partial charge is 0.358 e. The number of anilines is 1. The average molecular weight is 373 g/mol. The van der Waals surface area contributed by atoms with Crippen LogP contribution in [0.1, 0.15) is 6.42 Å². The molecule has 2 amide bonds. The van der Waals surface area contributed by atoms with E-state index in [0.717, 1.165) is 10.9 Å². The summed E-state index contributed by atoms with van der Waals surface area (Å²) in [6.07, 6.45) is 1.28. The molecule has 25 heavy (non-hydrogen) atoms. The predicted molar refractivity (Wildman–Crippen MR) is 93.2 cm³/mol. The molecule has 9 heteroatoms. The van der Waals surface area contributed by atoms with E-state index in [-0.39, 0.29) is 24.9 Å². The third-order valence-corrected chi connectivity index (χ3v) is 4.06. The molecule has 2 aromatic rings. The van der Waals surface area contributed by atoms with E-state index >= 15 is 0 Å². The van der Waals surface area contributed by atoms with E-state index in [2.05, 4.69) is 16.0 Å². The number of nitrogens with zero attached hydrogens (tertiary/aromatic N) is 1. The van der Waals surface area contributed by atoms with Crippen LogP contribution in [0.2, 0.25) is 0 Å². The molecule has 136 valence electrons. The molecule has 1 aromatic heterocycles. The molecule has 3 rings (SSSR count). The van der Waals surface area contributed by atoms with Crippen molar-refractivity contribution in [1.29, 1.82) is 0 Å². The van der Waals surface area contributed by atoms with Gasteiger partial charge in [0.1, 0.15) is 6.54 Å². The number of carbonyl (C=O) groups excluding carboxylic acids is 2. The smallest absolute Gasteiger partial charge is 0.262 e. The fraction of sp³-hybridized carbons (Fsp3) is 0.375. The number of benzene rings is 1. The van der Waals surface area contributed by atoms with Gasteiger partial charge < -0.3 is 15.2 Å². The fourth-order valence-electron chi connectivity index (χ4n) is 2.76. The number of hydrogen-bond donors (Lipinski definition) is 3. The van der Waals surface area contributed by atoms with Gasteiger partial charge in [-0.25, -0.2) is 8.78 Å². The maximum Gasteiger partial charge on any atom is 0.262 e. The van der Waals surface area contributed by atoms with Gasteiger partial charge in [-0.2, -0.15) is 0 Å². The van der Waals surface area contributed by atoms with E-state index in [9.17, 15) is 18.4 Å². The first-order chi connectivity index (χ1) is 11.4. The summed E-state index contributed by atoms with van der Waals surface area (Å²) in [7, 11) is 1.56. The standard InChI is InChI=1S/C16H18F2N4O2.ClH/c1-19-14(23)8-22-5-4-10-2-3-11(6-13(10)22)21-15(24)12-7-16(17,18)9-20-12;/h2-6,12,20H,7-9H2,1H3,(H,19,23)(H,21,24);1H. The molecule has 1 aromatic carbocycles. The Labute approximate surface area is 149 Å². The van der Waals surface area contributed by atoms with Gasteiger partial charge in [-0.3, -0.25) is 14.9 Å².